The van der Waals surface area contributed by atoms with E-state index in [9.17, 15) is 9.18 Å². The van der Waals surface area contributed by atoms with Gasteiger partial charge >= 0.3 is 6.09 Å². The van der Waals surface area contributed by atoms with E-state index in [1.54, 1.807) is 32.9 Å². The molecule has 0 atom stereocenters. The first-order valence-electron chi connectivity index (χ1n) is 5.94. The molecule has 1 aromatic rings. The maximum absolute atomic E-state index is 13.4. The second-order valence-corrected chi connectivity index (χ2v) is 5.42. The van der Waals surface area contributed by atoms with Crippen molar-refractivity contribution in [1.29, 1.82) is 0 Å². The fourth-order valence-electron chi connectivity index (χ4n) is 1.31. The molecule has 0 fully saturated rings. The fourth-order valence-corrected chi connectivity index (χ4v) is 1.47. The Hall–Kier alpha value is -1.49. The third-order valence-electron chi connectivity index (χ3n) is 2.04. The third-order valence-corrected chi connectivity index (χ3v) is 2.27. The molecule has 6 heteroatoms. The van der Waals surface area contributed by atoms with E-state index in [1.165, 1.54) is 6.07 Å². The highest BCUT2D eigenvalue weighted by molar-refractivity contribution is 6.30. The van der Waals surface area contributed by atoms with Crippen LogP contribution in [0.15, 0.2) is 18.2 Å². The number of hydrogen-bond acceptors (Lipinski definition) is 3. The van der Waals surface area contributed by atoms with Crippen LogP contribution in [-0.2, 0) is 4.74 Å². The number of hydrogen-bond donors (Lipinski definition) is 2. The Kier molecular flexibility index (Phi) is 5.42. The normalized spacial score (nSPS) is 11.0. The molecule has 0 aliphatic carbocycles. The van der Waals surface area contributed by atoms with E-state index >= 15 is 0 Å². The van der Waals surface area contributed by atoms with Gasteiger partial charge in [-0.15, -0.1) is 0 Å². The zero-order chi connectivity index (χ0) is 14.5. The Bertz CT molecular complexity index is 447. The van der Waals surface area contributed by atoms with E-state index in [-0.39, 0.29) is 0 Å². The molecule has 0 radical (unpaired) electrons. The summed E-state index contributed by atoms with van der Waals surface area (Å²) in [6.07, 6.45) is -0.495. The Labute approximate surface area is 117 Å². The van der Waals surface area contributed by atoms with Crippen LogP contribution in [0.25, 0.3) is 0 Å². The molecule has 2 N–H and O–H groups in total. The van der Waals surface area contributed by atoms with Crippen molar-refractivity contribution >= 4 is 23.4 Å². The van der Waals surface area contributed by atoms with Gasteiger partial charge in [0.2, 0.25) is 0 Å². The molecule has 0 aliphatic rings. The van der Waals surface area contributed by atoms with Gasteiger partial charge in [-0.2, -0.15) is 0 Å². The minimum atomic E-state index is -0.528. The van der Waals surface area contributed by atoms with Crippen molar-refractivity contribution in [1.82, 2.24) is 5.32 Å². The number of amides is 1. The molecule has 0 aliphatic heterocycles. The van der Waals surface area contributed by atoms with Crippen LogP contribution in [0.5, 0.6) is 0 Å². The van der Waals surface area contributed by atoms with Gasteiger partial charge in [-0.05, 0) is 39.0 Å². The predicted molar refractivity (Wildman–Crippen MR) is 74.1 cm³/mol. The zero-order valence-electron chi connectivity index (χ0n) is 11.2. The van der Waals surface area contributed by atoms with Crippen LogP contribution in [0.4, 0.5) is 14.9 Å². The largest absolute Gasteiger partial charge is 0.444 e. The average Bonchev–Trinajstić information content (AvgIpc) is 2.24. The second kappa shape index (κ2) is 6.61. The van der Waals surface area contributed by atoms with Crippen molar-refractivity contribution in [2.75, 3.05) is 18.4 Å². The minimum absolute atomic E-state index is 0.330. The molecule has 0 saturated heterocycles. The first-order chi connectivity index (χ1) is 8.78. The van der Waals surface area contributed by atoms with Gasteiger partial charge < -0.3 is 15.4 Å². The Morgan fingerprint density at radius 3 is 2.63 bits per heavy atom. The van der Waals surface area contributed by atoms with Gasteiger partial charge in [-0.1, -0.05) is 11.6 Å². The summed E-state index contributed by atoms with van der Waals surface area (Å²) in [7, 11) is 0. The summed E-state index contributed by atoms with van der Waals surface area (Å²) in [5, 5.41) is 5.77. The van der Waals surface area contributed by atoms with Crippen molar-refractivity contribution in [3.8, 4) is 0 Å². The van der Waals surface area contributed by atoms with Gasteiger partial charge in [0.05, 0.1) is 5.69 Å². The maximum atomic E-state index is 13.4. The van der Waals surface area contributed by atoms with Crippen LogP contribution in [0, 0.1) is 5.82 Å². The standard InChI is InChI=1S/C13H18ClFN2O2/c1-13(2,3)19-12(18)17-7-6-16-11-5-4-9(14)8-10(11)15/h4-5,8,16H,6-7H2,1-3H3,(H,17,18). The molecular formula is C13H18ClFN2O2. The number of carbonyl (C=O) groups excluding carboxylic acids is 1. The van der Waals surface area contributed by atoms with E-state index in [4.69, 9.17) is 16.3 Å². The predicted octanol–water partition coefficient (Wildman–Crippen LogP) is 3.42. The summed E-state index contributed by atoms with van der Waals surface area (Å²) in [5.74, 6) is -0.426. The van der Waals surface area contributed by atoms with E-state index in [0.717, 1.165) is 0 Å². The number of benzene rings is 1. The minimum Gasteiger partial charge on any atom is -0.444 e. The molecule has 106 valence electrons. The summed E-state index contributed by atoms with van der Waals surface area (Å²) < 4.78 is 18.5. The van der Waals surface area contributed by atoms with Crippen molar-refractivity contribution < 1.29 is 13.9 Å². The third kappa shape index (κ3) is 6.29. The smallest absolute Gasteiger partial charge is 0.407 e. The van der Waals surface area contributed by atoms with Crippen LogP contribution in [-0.4, -0.2) is 24.8 Å². The lowest BCUT2D eigenvalue weighted by Gasteiger charge is -2.19. The van der Waals surface area contributed by atoms with Gasteiger partial charge in [-0.25, -0.2) is 9.18 Å². The molecule has 0 unspecified atom stereocenters. The molecule has 0 bridgehead atoms. The number of ether oxygens (including phenoxy) is 1. The van der Waals surface area contributed by atoms with Crippen LogP contribution in [0.2, 0.25) is 5.02 Å². The summed E-state index contributed by atoms with van der Waals surface area (Å²) in [6, 6.07) is 4.37. The molecule has 1 aromatic carbocycles. The average molecular weight is 289 g/mol. The number of halogens is 2. The number of alkyl carbamates (subject to hydrolysis) is 1. The first-order valence-corrected chi connectivity index (χ1v) is 6.31. The molecule has 1 rings (SSSR count). The van der Waals surface area contributed by atoms with Crippen molar-refractivity contribution in [2.45, 2.75) is 26.4 Å². The Balaban J connectivity index is 2.29. The van der Waals surface area contributed by atoms with Crippen LogP contribution in [0.1, 0.15) is 20.8 Å². The van der Waals surface area contributed by atoms with E-state index in [2.05, 4.69) is 10.6 Å². The zero-order valence-corrected chi connectivity index (χ0v) is 12.0. The molecule has 19 heavy (non-hydrogen) atoms. The van der Waals surface area contributed by atoms with Crippen molar-refractivity contribution in [3.63, 3.8) is 0 Å². The summed E-state index contributed by atoms with van der Waals surface area (Å²) in [5.41, 5.74) is -0.185. The van der Waals surface area contributed by atoms with Crippen LogP contribution in [0.3, 0.4) is 0 Å². The van der Waals surface area contributed by atoms with Gasteiger partial charge in [0, 0.05) is 18.1 Å². The first kappa shape index (κ1) is 15.6. The molecule has 0 heterocycles. The highest BCUT2D eigenvalue weighted by Gasteiger charge is 2.15. The van der Waals surface area contributed by atoms with E-state index in [1.807, 2.05) is 0 Å². The summed E-state index contributed by atoms with van der Waals surface area (Å²) >= 11 is 5.64. The van der Waals surface area contributed by atoms with E-state index < -0.39 is 17.5 Å². The number of carbonyl (C=O) groups is 1. The van der Waals surface area contributed by atoms with Crippen LogP contribution < -0.4 is 10.6 Å². The molecule has 4 nitrogen and oxygen atoms in total. The quantitative estimate of drug-likeness (QED) is 0.835. The monoisotopic (exact) mass is 288 g/mol. The Morgan fingerprint density at radius 1 is 1.37 bits per heavy atom. The lowest BCUT2D eigenvalue weighted by atomic mass is 10.2. The summed E-state index contributed by atoms with van der Waals surface area (Å²) in [4.78, 5) is 11.3. The van der Waals surface area contributed by atoms with Gasteiger partial charge in [0.15, 0.2) is 0 Å². The van der Waals surface area contributed by atoms with Crippen LogP contribution >= 0.6 is 11.6 Å². The number of rotatable bonds is 4. The molecule has 1 amide bonds. The number of nitrogens with one attached hydrogen (secondary N) is 2. The topological polar surface area (TPSA) is 50.4 Å². The molecule has 0 spiro atoms. The second-order valence-electron chi connectivity index (χ2n) is 4.98. The highest BCUT2D eigenvalue weighted by atomic mass is 35.5. The Morgan fingerprint density at radius 2 is 2.05 bits per heavy atom. The highest BCUT2D eigenvalue weighted by Crippen LogP contribution is 2.18. The van der Waals surface area contributed by atoms with Crippen molar-refractivity contribution in [2.24, 2.45) is 0 Å². The van der Waals surface area contributed by atoms with E-state index in [0.29, 0.717) is 23.8 Å². The van der Waals surface area contributed by atoms with Gasteiger partial charge in [0.1, 0.15) is 11.4 Å². The molecule has 0 saturated carbocycles. The van der Waals surface area contributed by atoms with Gasteiger partial charge in [0.25, 0.3) is 0 Å². The fraction of sp³-hybridized carbons (Fsp3) is 0.462. The lowest BCUT2D eigenvalue weighted by Crippen LogP contribution is -2.35. The maximum Gasteiger partial charge on any atom is 0.407 e. The molecular weight excluding hydrogens is 271 g/mol. The lowest BCUT2D eigenvalue weighted by molar-refractivity contribution is 0.0530. The molecule has 0 aromatic heterocycles. The SMILES string of the molecule is CC(C)(C)OC(=O)NCCNc1ccc(Cl)cc1F. The van der Waals surface area contributed by atoms with Gasteiger partial charge in [-0.3, -0.25) is 0 Å². The summed E-state index contributed by atoms with van der Waals surface area (Å²) in [6.45, 7) is 6.07. The van der Waals surface area contributed by atoms with Crippen molar-refractivity contribution in [3.05, 3.63) is 29.0 Å². The number of anilines is 1.